The summed E-state index contributed by atoms with van der Waals surface area (Å²) in [5.74, 6) is 0.585. The van der Waals surface area contributed by atoms with Gasteiger partial charge in [-0.15, -0.1) is 0 Å². The molecule has 0 heterocycles. The minimum Gasteiger partial charge on any atom is -0.389 e. The van der Waals surface area contributed by atoms with Gasteiger partial charge in [-0.2, -0.15) is 0 Å². The van der Waals surface area contributed by atoms with Crippen molar-refractivity contribution in [3.05, 3.63) is 34.9 Å². The summed E-state index contributed by atoms with van der Waals surface area (Å²) in [4.78, 5) is 0. The Morgan fingerprint density at radius 3 is 2.55 bits per heavy atom. The zero-order chi connectivity index (χ0) is 14.0. The third-order valence-corrected chi connectivity index (χ3v) is 5.33. The van der Waals surface area contributed by atoms with Crippen LogP contribution in [0.4, 0.5) is 0 Å². The standard InChI is InChI=1S/C17H24ClNO/c18-16-7-3-2-6-15(16)13-10-14(11-13)19-12-17(20)8-4-1-5-9-17/h2-3,6-7,13-14,19-20H,1,4-5,8-12H2. The van der Waals surface area contributed by atoms with E-state index in [2.05, 4.69) is 17.4 Å². The van der Waals surface area contributed by atoms with Gasteiger partial charge in [0.2, 0.25) is 0 Å². The molecule has 1 aromatic carbocycles. The SMILES string of the molecule is OC1(CNC2CC(c3ccccc3Cl)C2)CCCCC1. The summed E-state index contributed by atoms with van der Waals surface area (Å²) in [5, 5.41) is 14.9. The van der Waals surface area contributed by atoms with Gasteiger partial charge in [-0.05, 0) is 43.2 Å². The van der Waals surface area contributed by atoms with Gasteiger partial charge < -0.3 is 10.4 Å². The lowest BCUT2D eigenvalue weighted by Crippen LogP contribution is -2.49. The average molecular weight is 294 g/mol. The molecule has 2 nitrogen and oxygen atoms in total. The van der Waals surface area contributed by atoms with Crippen LogP contribution in [0.5, 0.6) is 0 Å². The fourth-order valence-electron chi connectivity index (χ4n) is 3.57. The molecule has 2 aliphatic carbocycles. The second-order valence-corrected chi connectivity index (χ2v) is 6.96. The van der Waals surface area contributed by atoms with Crippen LogP contribution in [0, 0.1) is 0 Å². The normalized spacial score (nSPS) is 28.9. The number of halogens is 1. The summed E-state index contributed by atoms with van der Waals surface area (Å²) >= 11 is 6.24. The zero-order valence-corrected chi connectivity index (χ0v) is 12.7. The summed E-state index contributed by atoms with van der Waals surface area (Å²) in [6.07, 6.45) is 7.82. The Kier molecular flexibility index (Phi) is 4.34. The molecule has 2 fully saturated rings. The van der Waals surface area contributed by atoms with Crippen molar-refractivity contribution < 1.29 is 5.11 Å². The lowest BCUT2D eigenvalue weighted by Gasteiger charge is -2.40. The van der Waals surface area contributed by atoms with Gasteiger partial charge in [0.05, 0.1) is 5.60 Å². The van der Waals surface area contributed by atoms with Crippen molar-refractivity contribution in [2.45, 2.75) is 62.5 Å². The topological polar surface area (TPSA) is 32.3 Å². The molecule has 20 heavy (non-hydrogen) atoms. The molecule has 0 saturated heterocycles. The fraction of sp³-hybridized carbons (Fsp3) is 0.647. The number of rotatable bonds is 4. The zero-order valence-electron chi connectivity index (χ0n) is 11.9. The van der Waals surface area contributed by atoms with E-state index in [0.29, 0.717) is 12.0 Å². The van der Waals surface area contributed by atoms with Crippen LogP contribution in [0.25, 0.3) is 0 Å². The summed E-state index contributed by atoms with van der Waals surface area (Å²) < 4.78 is 0. The van der Waals surface area contributed by atoms with Crippen LogP contribution in [0.2, 0.25) is 5.02 Å². The first-order valence-electron chi connectivity index (χ1n) is 7.86. The molecule has 1 aromatic rings. The predicted molar refractivity (Wildman–Crippen MR) is 83.3 cm³/mol. The molecule has 0 atom stereocenters. The first kappa shape index (κ1) is 14.4. The molecule has 3 rings (SSSR count). The van der Waals surface area contributed by atoms with Crippen molar-refractivity contribution in [2.24, 2.45) is 0 Å². The number of hydrogen-bond donors (Lipinski definition) is 2. The summed E-state index contributed by atoms with van der Waals surface area (Å²) in [6, 6.07) is 8.70. The van der Waals surface area contributed by atoms with E-state index in [1.54, 1.807) is 0 Å². The lowest BCUT2D eigenvalue weighted by molar-refractivity contribution is -0.000285. The Bertz CT molecular complexity index is 450. The Labute approximate surface area is 126 Å². The highest BCUT2D eigenvalue weighted by Crippen LogP contribution is 2.40. The van der Waals surface area contributed by atoms with Gasteiger partial charge in [-0.25, -0.2) is 0 Å². The van der Waals surface area contributed by atoms with Crippen molar-refractivity contribution in [3.63, 3.8) is 0 Å². The number of aliphatic hydroxyl groups is 1. The van der Waals surface area contributed by atoms with E-state index in [0.717, 1.165) is 37.3 Å². The van der Waals surface area contributed by atoms with E-state index in [1.807, 2.05) is 12.1 Å². The van der Waals surface area contributed by atoms with E-state index < -0.39 is 5.60 Å². The highest BCUT2D eigenvalue weighted by Gasteiger charge is 2.34. The highest BCUT2D eigenvalue weighted by atomic mass is 35.5. The third-order valence-electron chi connectivity index (χ3n) is 4.99. The molecule has 0 spiro atoms. The van der Waals surface area contributed by atoms with Crippen molar-refractivity contribution in [2.75, 3.05) is 6.54 Å². The second kappa shape index (κ2) is 6.05. The second-order valence-electron chi connectivity index (χ2n) is 6.55. The van der Waals surface area contributed by atoms with E-state index in [1.165, 1.54) is 24.8 Å². The van der Waals surface area contributed by atoms with Crippen LogP contribution in [-0.4, -0.2) is 23.3 Å². The van der Waals surface area contributed by atoms with Crippen molar-refractivity contribution in [1.29, 1.82) is 0 Å². The number of hydrogen-bond acceptors (Lipinski definition) is 2. The summed E-state index contributed by atoms with van der Waals surface area (Å²) in [6.45, 7) is 0.757. The summed E-state index contributed by atoms with van der Waals surface area (Å²) in [5.41, 5.74) is 0.830. The maximum atomic E-state index is 10.5. The first-order chi connectivity index (χ1) is 9.66. The van der Waals surface area contributed by atoms with Crippen LogP contribution < -0.4 is 5.32 Å². The Morgan fingerprint density at radius 2 is 1.85 bits per heavy atom. The van der Waals surface area contributed by atoms with Gasteiger partial charge in [0.25, 0.3) is 0 Å². The van der Waals surface area contributed by atoms with E-state index in [4.69, 9.17) is 11.6 Å². The molecule has 0 bridgehead atoms. The fourth-order valence-corrected chi connectivity index (χ4v) is 3.86. The molecule has 110 valence electrons. The van der Waals surface area contributed by atoms with Crippen molar-refractivity contribution in [3.8, 4) is 0 Å². The Hall–Kier alpha value is -0.570. The predicted octanol–water partition coefficient (Wildman–Crippen LogP) is 3.87. The molecule has 0 amide bonds. The quantitative estimate of drug-likeness (QED) is 0.883. The summed E-state index contributed by atoms with van der Waals surface area (Å²) in [7, 11) is 0. The largest absolute Gasteiger partial charge is 0.389 e. The molecule has 0 unspecified atom stereocenters. The molecule has 2 saturated carbocycles. The molecule has 0 aromatic heterocycles. The molecular formula is C17H24ClNO. The third kappa shape index (κ3) is 3.19. The number of nitrogens with one attached hydrogen (secondary N) is 1. The minimum atomic E-state index is -0.451. The number of benzene rings is 1. The van der Waals surface area contributed by atoms with E-state index >= 15 is 0 Å². The van der Waals surface area contributed by atoms with Crippen LogP contribution in [0.1, 0.15) is 56.4 Å². The van der Waals surface area contributed by atoms with Gasteiger partial charge >= 0.3 is 0 Å². The van der Waals surface area contributed by atoms with Crippen molar-refractivity contribution >= 4 is 11.6 Å². The van der Waals surface area contributed by atoms with Crippen LogP contribution in [-0.2, 0) is 0 Å². The van der Waals surface area contributed by atoms with Crippen LogP contribution in [0.3, 0.4) is 0 Å². The van der Waals surface area contributed by atoms with Crippen LogP contribution >= 0.6 is 11.6 Å². The molecule has 0 radical (unpaired) electrons. The maximum absolute atomic E-state index is 10.5. The van der Waals surface area contributed by atoms with Gasteiger partial charge in [-0.3, -0.25) is 0 Å². The molecule has 0 aliphatic heterocycles. The monoisotopic (exact) mass is 293 g/mol. The van der Waals surface area contributed by atoms with Crippen LogP contribution in [0.15, 0.2) is 24.3 Å². The van der Waals surface area contributed by atoms with E-state index in [-0.39, 0.29) is 0 Å². The van der Waals surface area contributed by atoms with Gasteiger partial charge in [0, 0.05) is 17.6 Å². The Balaban J connectivity index is 1.46. The first-order valence-corrected chi connectivity index (χ1v) is 8.24. The molecule has 2 N–H and O–H groups in total. The molecular weight excluding hydrogens is 270 g/mol. The van der Waals surface area contributed by atoms with Crippen molar-refractivity contribution in [1.82, 2.24) is 5.32 Å². The Morgan fingerprint density at radius 1 is 1.15 bits per heavy atom. The smallest absolute Gasteiger partial charge is 0.0771 e. The van der Waals surface area contributed by atoms with Gasteiger partial charge in [-0.1, -0.05) is 49.1 Å². The minimum absolute atomic E-state index is 0.451. The van der Waals surface area contributed by atoms with E-state index in [9.17, 15) is 5.11 Å². The molecule has 2 aliphatic rings. The highest BCUT2D eigenvalue weighted by molar-refractivity contribution is 6.31. The lowest BCUT2D eigenvalue weighted by atomic mass is 9.75. The average Bonchev–Trinajstić information content (AvgIpc) is 2.39. The molecule has 3 heteroatoms. The van der Waals surface area contributed by atoms with Gasteiger partial charge in [0.1, 0.15) is 0 Å². The van der Waals surface area contributed by atoms with Gasteiger partial charge in [0.15, 0.2) is 0 Å². The maximum Gasteiger partial charge on any atom is 0.0771 e.